The molecule has 1 aromatic carbocycles. The molecule has 110 valence electrons. The Balaban J connectivity index is 1.62. The Hall–Kier alpha value is -1.23. The van der Waals surface area contributed by atoms with Gasteiger partial charge in [0.2, 0.25) is 0 Å². The molecule has 1 aliphatic rings. The van der Waals surface area contributed by atoms with E-state index in [1.807, 2.05) is 36.5 Å². The van der Waals surface area contributed by atoms with E-state index in [-0.39, 0.29) is 0 Å². The zero-order valence-electron chi connectivity index (χ0n) is 11.9. The van der Waals surface area contributed by atoms with Crippen LogP contribution in [-0.2, 0) is 12.0 Å². The maximum atomic E-state index is 10.9. The van der Waals surface area contributed by atoms with Gasteiger partial charge in [0, 0.05) is 36.5 Å². The highest BCUT2D eigenvalue weighted by atomic mass is 79.9. The molecule has 0 saturated carbocycles. The summed E-state index contributed by atoms with van der Waals surface area (Å²) in [6.45, 7) is 2.59. The van der Waals surface area contributed by atoms with Crippen LogP contribution in [0, 0.1) is 0 Å². The maximum Gasteiger partial charge on any atom is 0.103 e. The third kappa shape index (κ3) is 3.51. The molecular weight excluding hydrogens is 328 g/mol. The maximum absolute atomic E-state index is 10.9. The first-order chi connectivity index (χ1) is 10.2. The van der Waals surface area contributed by atoms with Crippen LogP contribution in [-0.4, -0.2) is 34.6 Å². The Bertz CT molecular complexity index is 605. The molecule has 1 aliphatic heterocycles. The van der Waals surface area contributed by atoms with Crippen molar-refractivity contribution < 1.29 is 5.11 Å². The lowest BCUT2D eigenvalue weighted by Crippen LogP contribution is -2.31. The van der Waals surface area contributed by atoms with Gasteiger partial charge < -0.3 is 5.11 Å². The third-order valence-electron chi connectivity index (χ3n) is 4.13. The molecule has 1 aromatic heterocycles. The topological polar surface area (TPSA) is 36.4 Å². The first kappa shape index (κ1) is 14.7. The number of hydrogen-bond acceptors (Lipinski definition) is 3. The number of β-amino-alcohol motifs (C(OH)–C–C–N with tert-alkyl or cyclic N) is 1. The van der Waals surface area contributed by atoms with Crippen molar-refractivity contribution in [3.63, 3.8) is 0 Å². The van der Waals surface area contributed by atoms with Crippen LogP contribution in [0.2, 0.25) is 0 Å². The molecule has 1 unspecified atom stereocenters. The molecule has 0 bridgehead atoms. The highest BCUT2D eigenvalue weighted by Crippen LogP contribution is 2.33. The molecule has 3 nitrogen and oxygen atoms in total. The SMILES string of the molecule is OC1(c2cccc(Br)c2)CCN(CCc2cccnc2)C1. The summed E-state index contributed by atoms with van der Waals surface area (Å²) in [6.07, 6.45) is 5.47. The highest BCUT2D eigenvalue weighted by molar-refractivity contribution is 9.10. The molecule has 1 saturated heterocycles. The average Bonchev–Trinajstić information content (AvgIpc) is 2.89. The van der Waals surface area contributed by atoms with Gasteiger partial charge in [0.25, 0.3) is 0 Å². The van der Waals surface area contributed by atoms with E-state index in [9.17, 15) is 5.11 Å². The molecule has 0 aliphatic carbocycles. The largest absolute Gasteiger partial charge is 0.384 e. The lowest BCUT2D eigenvalue weighted by atomic mass is 9.93. The first-order valence-electron chi connectivity index (χ1n) is 7.25. The molecule has 0 spiro atoms. The molecule has 4 heteroatoms. The predicted molar refractivity (Wildman–Crippen MR) is 87.0 cm³/mol. The monoisotopic (exact) mass is 346 g/mol. The number of aliphatic hydroxyl groups is 1. The van der Waals surface area contributed by atoms with Crippen molar-refractivity contribution in [1.29, 1.82) is 0 Å². The van der Waals surface area contributed by atoms with Crippen molar-refractivity contribution in [1.82, 2.24) is 9.88 Å². The molecular formula is C17H19BrN2O. The zero-order chi connectivity index (χ0) is 14.7. The molecule has 1 N–H and O–H groups in total. The second-order valence-corrected chi connectivity index (χ2v) is 6.60. The van der Waals surface area contributed by atoms with Crippen molar-refractivity contribution >= 4 is 15.9 Å². The number of halogens is 1. The van der Waals surface area contributed by atoms with E-state index in [1.165, 1.54) is 5.56 Å². The normalized spacial score (nSPS) is 22.6. The van der Waals surface area contributed by atoms with E-state index in [0.717, 1.165) is 36.0 Å². The highest BCUT2D eigenvalue weighted by Gasteiger charge is 2.37. The van der Waals surface area contributed by atoms with Gasteiger partial charge in [0.05, 0.1) is 0 Å². The van der Waals surface area contributed by atoms with Gasteiger partial charge in [-0.25, -0.2) is 0 Å². The fraction of sp³-hybridized carbons (Fsp3) is 0.353. The van der Waals surface area contributed by atoms with Crippen LogP contribution >= 0.6 is 15.9 Å². The standard InChI is InChI=1S/C17H19BrN2O/c18-16-5-1-4-15(11-16)17(21)7-10-20(13-17)9-6-14-3-2-8-19-12-14/h1-5,8,11-12,21H,6-7,9-10,13H2. The number of nitrogens with zero attached hydrogens (tertiary/aromatic N) is 2. The van der Waals surface area contributed by atoms with E-state index >= 15 is 0 Å². The summed E-state index contributed by atoms with van der Waals surface area (Å²) < 4.78 is 1.02. The summed E-state index contributed by atoms with van der Waals surface area (Å²) in [5, 5.41) is 10.9. The zero-order valence-corrected chi connectivity index (χ0v) is 13.5. The average molecular weight is 347 g/mol. The molecule has 21 heavy (non-hydrogen) atoms. The summed E-state index contributed by atoms with van der Waals surface area (Å²) in [5.41, 5.74) is 1.52. The number of benzene rings is 1. The summed E-state index contributed by atoms with van der Waals surface area (Å²) in [5.74, 6) is 0. The molecule has 2 aromatic rings. The summed E-state index contributed by atoms with van der Waals surface area (Å²) in [6, 6.07) is 12.1. The minimum Gasteiger partial charge on any atom is -0.384 e. The van der Waals surface area contributed by atoms with Crippen molar-refractivity contribution in [2.45, 2.75) is 18.4 Å². The van der Waals surface area contributed by atoms with Crippen molar-refractivity contribution in [2.75, 3.05) is 19.6 Å². The third-order valence-corrected chi connectivity index (χ3v) is 4.62. The van der Waals surface area contributed by atoms with E-state index < -0.39 is 5.60 Å². The van der Waals surface area contributed by atoms with Gasteiger partial charge in [-0.05, 0) is 42.2 Å². The Labute approximate surface area is 133 Å². The predicted octanol–water partition coefficient (Wildman–Crippen LogP) is 2.98. The molecule has 1 fully saturated rings. The fourth-order valence-electron chi connectivity index (χ4n) is 2.91. The Morgan fingerprint density at radius 1 is 1.29 bits per heavy atom. The van der Waals surface area contributed by atoms with Gasteiger partial charge in [0.1, 0.15) is 5.60 Å². The number of hydrogen-bond donors (Lipinski definition) is 1. The van der Waals surface area contributed by atoms with E-state index in [2.05, 4.69) is 31.9 Å². The summed E-state index contributed by atoms with van der Waals surface area (Å²) in [4.78, 5) is 6.47. The van der Waals surface area contributed by atoms with Crippen LogP contribution in [0.5, 0.6) is 0 Å². The lowest BCUT2D eigenvalue weighted by Gasteiger charge is -2.24. The summed E-state index contributed by atoms with van der Waals surface area (Å²) in [7, 11) is 0. The van der Waals surface area contributed by atoms with E-state index in [4.69, 9.17) is 0 Å². The number of rotatable bonds is 4. The van der Waals surface area contributed by atoms with Gasteiger partial charge in [-0.15, -0.1) is 0 Å². The van der Waals surface area contributed by atoms with Gasteiger partial charge in [0.15, 0.2) is 0 Å². The van der Waals surface area contributed by atoms with Crippen LogP contribution in [0.15, 0.2) is 53.3 Å². The van der Waals surface area contributed by atoms with Gasteiger partial charge in [-0.3, -0.25) is 9.88 Å². The van der Waals surface area contributed by atoms with Gasteiger partial charge in [-0.1, -0.05) is 34.1 Å². The van der Waals surface area contributed by atoms with Crippen molar-refractivity contribution in [2.24, 2.45) is 0 Å². The molecule has 1 atom stereocenters. The molecule has 2 heterocycles. The minimum atomic E-state index is -0.723. The Kier molecular flexibility index (Phi) is 4.38. The number of aromatic nitrogens is 1. The molecule has 0 radical (unpaired) electrons. The van der Waals surface area contributed by atoms with E-state index in [1.54, 1.807) is 6.20 Å². The van der Waals surface area contributed by atoms with Crippen molar-refractivity contribution in [3.8, 4) is 0 Å². The lowest BCUT2D eigenvalue weighted by molar-refractivity contribution is 0.0462. The van der Waals surface area contributed by atoms with E-state index in [0.29, 0.717) is 6.54 Å². The quantitative estimate of drug-likeness (QED) is 0.924. The second kappa shape index (κ2) is 6.26. The van der Waals surface area contributed by atoms with Gasteiger partial charge >= 0.3 is 0 Å². The minimum absolute atomic E-state index is 0.698. The number of pyridine rings is 1. The Morgan fingerprint density at radius 2 is 2.19 bits per heavy atom. The molecule has 3 rings (SSSR count). The fourth-order valence-corrected chi connectivity index (χ4v) is 3.31. The van der Waals surface area contributed by atoms with Gasteiger partial charge in [-0.2, -0.15) is 0 Å². The first-order valence-corrected chi connectivity index (χ1v) is 8.05. The van der Waals surface area contributed by atoms with Crippen LogP contribution in [0.3, 0.4) is 0 Å². The second-order valence-electron chi connectivity index (χ2n) is 5.68. The number of likely N-dealkylation sites (tertiary alicyclic amines) is 1. The van der Waals surface area contributed by atoms with Crippen LogP contribution in [0.4, 0.5) is 0 Å². The smallest absolute Gasteiger partial charge is 0.103 e. The van der Waals surface area contributed by atoms with Crippen LogP contribution in [0.25, 0.3) is 0 Å². The van der Waals surface area contributed by atoms with Crippen LogP contribution < -0.4 is 0 Å². The Morgan fingerprint density at radius 3 is 2.95 bits per heavy atom. The molecule has 0 amide bonds. The van der Waals surface area contributed by atoms with Crippen molar-refractivity contribution in [3.05, 3.63) is 64.4 Å². The summed E-state index contributed by atoms with van der Waals surface area (Å²) >= 11 is 3.48. The van der Waals surface area contributed by atoms with Crippen LogP contribution in [0.1, 0.15) is 17.5 Å².